The molecule has 10 nitrogen and oxygen atoms in total. The minimum absolute atomic E-state index is 0.0361. The Morgan fingerprint density at radius 2 is 1.38 bits per heavy atom. The molecule has 1 rings (SSSR count). The highest BCUT2D eigenvalue weighted by Gasteiger charge is 2.30. The zero-order chi connectivity index (χ0) is 25.5. The molecule has 0 aliphatic heterocycles. The van der Waals surface area contributed by atoms with Gasteiger partial charge in [-0.2, -0.15) is 23.5 Å². The van der Waals surface area contributed by atoms with Crippen LogP contribution < -0.4 is 21.7 Å². The third-order valence-electron chi connectivity index (χ3n) is 4.93. The predicted molar refractivity (Wildman–Crippen MR) is 135 cm³/mol. The van der Waals surface area contributed by atoms with Crippen LogP contribution in [-0.2, 0) is 25.6 Å². The maximum Gasteiger partial charge on any atom is 0.326 e. The van der Waals surface area contributed by atoms with Gasteiger partial charge in [0.1, 0.15) is 18.1 Å². The predicted octanol–water partition coefficient (Wildman–Crippen LogP) is -0.406. The number of aliphatic carboxylic acids is 1. The topological polar surface area (TPSA) is 171 Å². The van der Waals surface area contributed by atoms with Crippen molar-refractivity contribution in [3.8, 4) is 0 Å². The number of thioether (sulfide) groups is 2. The molecule has 0 aromatic heterocycles. The minimum Gasteiger partial charge on any atom is -0.480 e. The third kappa shape index (κ3) is 10.8. The number of carboxylic acids is 1. The van der Waals surface area contributed by atoms with Crippen molar-refractivity contribution in [3.63, 3.8) is 0 Å². The maximum absolute atomic E-state index is 12.8. The summed E-state index contributed by atoms with van der Waals surface area (Å²) in [5, 5.41) is 26.5. The SMILES string of the molecule is CSCCC(N)C(=O)NC(CCSC)C(=O)NC(CO)C(=O)NC(Cc1ccccc1)C(=O)O. The molecule has 0 heterocycles. The number of rotatable bonds is 16. The molecule has 190 valence electrons. The summed E-state index contributed by atoms with van der Waals surface area (Å²) in [7, 11) is 0. The van der Waals surface area contributed by atoms with Gasteiger partial charge in [0.2, 0.25) is 17.7 Å². The number of hydrogen-bond acceptors (Lipinski definition) is 8. The summed E-state index contributed by atoms with van der Waals surface area (Å²) in [4.78, 5) is 49.5. The van der Waals surface area contributed by atoms with Gasteiger partial charge in [-0.1, -0.05) is 30.3 Å². The molecule has 0 bridgehead atoms. The molecule has 0 aliphatic rings. The van der Waals surface area contributed by atoms with Gasteiger partial charge in [-0.15, -0.1) is 0 Å². The Morgan fingerprint density at radius 1 is 0.853 bits per heavy atom. The summed E-state index contributed by atoms with van der Waals surface area (Å²) in [5.41, 5.74) is 6.59. The first-order valence-electron chi connectivity index (χ1n) is 10.8. The molecule has 3 amide bonds. The first-order valence-corrected chi connectivity index (χ1v) is 13.5. The highest BCUT2D eigenvalue weighted by molar-refractivity contribution is 7.98. The average molecular weight is 515 g/mol. The second-order valence-corrected chi connectivity index (χ2v) is 9.53. The Balaban J connectivity index is 2.82. The number of carbonyl (C=O) groups excluding carboxylic acids is 3. The van der Waals surface area contributed by atoms with Crippen molar-refractivity contribution in [2.24, 2.45) is 5.73 Å². The van der Waals surface area contributed by atoms with Crippen LogP contribution in [0.4, 0.5) is 0 Å². The largest absolute Gasteiger partial charge is 0.480 e. The lowest BCUT2D eigenvalue weighted by molar-refractivity contribution is -0.142. The molecule has 1 aromatic rings. The summed E-state index contributed by atoms with van der Waals surface area (Å²) < 4.78 is 0. The fourth-order valence-electron chi connectivity index (χ4n) is 2.95. The van der Waals surface area contributed by atoms with Crippen molar-refractivity contribution < 1.29 is 29.4 Å². The monoisotopic (exact) mass is 514 g/mol. The maximum atomic E-state index is 12.8. The molecule has 1 aromatic carbocycles. The molecule has 0 saturated heterocycles. The van der Waals surface area contributed by atoms with Crippen LogP contribution in [0.1, 0.15) is 18.4 Å². The lowest BCUT2D eigenvalue weighted by Gasteiger charge is -2.24. The summed E-state index contributed by atoms with van der Waals surface area (Å²) in [6, 6.07) is 4.39. The van der Waals surface area contributed by atoms with Gasteiger partial charge in [-0.25, -0.2) is 4.79 Å². The number of carbonyl (C=O) groups is 4. The summed E-state index contributed by atoms with van der Waals surface area (Å²) in [5.74, 6) is -1.98. The second-order valence-electron chi connectivity index (χ2n) is 7.56. The van der Waals surface area contributed by atoms with E-state index in [-0.39, 0.29) is 6.42 Å². The standard InChI is InChI=1S/C22H34N4O6S2/c1-33-10-8-15(23)19(28)24-16(9-11-34-2)20(29)26-18(13-27)21(30)25-17(22(31)32)12-14-6-4-3-5-7-14/h3-7,15-18,27H,8-13,23H2,1-2H3,(H,24,28)(H,25,30)(H,26,29)(H,31,32). The fourth-order valence-corrected chi connectivity index (χ4v) is 3.91. The lowest BCUT2D eigenvalue weighted by atomic mass is 10.1. The van der Waals surface area contributed by atoms with Crippen molar-refractivity contribution in [3.05, 3.63) is 35.9 Å². The quantitative estimate of drug-likeness (QED) is 0.172. The van der Waals surface area contributed by atoms with Crippen LogP contribution in [0.5, 0.6) is 0 Å². The zero-order valence-corrected chi connectivity index (χ0v) is 21.0. The first-order chi connectivity index (χ1) is 16.2. The Kier molecular flexibility index (Phi) is 14.3. The summed E-state index contributed by atoms with van der Waals surface area (Å²) >= 11 is 3.03. The van der Waals surface area contributed by atoms with Crippen molar-refractivity contribution in [2.75, 3.05) is 30.6 Å². The minimum atomic E-state index is -1.39. The molecular formula is C22H34N4O6S2. The molecule has 0 saturated carbocycles. The van der Waals surface area contributed by atoms with E-state index in [9.17, 15) is 29.4 Å². The van der Waals surface area contributed by atoms with Crippen LogP contribution >= 0.6 is 23.5 Å². The zero-order valence-electron chi connectivity index (χ0n) is 19.4. The van der Waals surface area contributed by atoms with Crippen LogP contribution in [-0.4, -0.2) is 88.7 Å². The molecule has 4 unspecified atom stereocenters. The van der Waals surface area contributed by atoms with E-state index >= 15 is 0 Å². The number of aliphatic hydroxyl groups is 1. The van der Waals surface area contributed by atoms with Gasteiger partial charge in [-0.05, 0) is 42.4 Å². The van der Waals surface area contributed by atoms with Gasteiger partial charge in [0.15, 0.2) is 0 Å². The van der Waals surface area contributed by atoms with E-state index in [4.69, 9.17) is 5.73 Å². The average Bonchev–Trinajstić information content (AvgIpc) is 2.83. The van der Waals surface area contributed by atoms with Crippen molar-refractivity contribution in [2.45, 2.75) is 43.4 Å². The molecule has 0 aliphatic carbocycles. The Morgan fingerprint density at radius 3 is 1.94 bits per heavy atom. The molecule has 34 heavy (non-hydrogen) atoms. The van der Waals surface area contributed by atoms with Crippen LogP contribution in [0.15, 0.2) is 30.3 Å². The molecule has 0 spiro atoms. The summed E-state index contributed by atoms with van der Waals surface area (Å²) in [6.07, 6.45) is 4.52. The Hall–Kier alpha value is -2.28. The first kappa shape index (κ1) is 29.8. The van der Waals surface area contributed by atoms with Gasteiger partial charge in [0, 0.05) is 6.42 Å². The third-order valence-corrected chi connectivity index (χ3v) is 6.21. The molecule has 7 N–H and O–H groups in total. The van der Waals surface area contributed by atoms with Gasteiger partial charge >= 0.3 is 5.97 Å². The molecule has 0 radical (unpaired) electrons. The number of nitrogens with one attached hydrogen (secondary N) is 3. The van der Waals surface area contributed by atoms with E-state index in [0.29, 0.717) is 29.9 Å². The molecule has 4 atom stereocenters. The number of aliphatic hydroxyl groups excluding tert-OH is 1. The van der Waals surface area contributed by atoms with Crippen LogP contribution in [0.3, 0.4) is 0 Å². The smallest absolute Gasteiger partial charge is 0.326 e. The fraction of sp³-hybridized carbons (Fsp3) is 0.545. The van der Waals surface area contributed by atoms with Crippen LogP contribution in [0.2, 0.25) is 0 Å². The van der Waals surface area contributed by atoms with E-state index in [1.54, 1.807) is 42.1 Å². The number of benzene rings is 1. The van der Waals surface area contributed by atoms with Crippen LogP contribution in [0.25, 0.3) is 0 Å². The lowest BCUT2D eigenvalue weighted by Crippen LogP contribution is -2.58. The van der Waals surface area contributed by atoms with Gasteiger partial charge in [0.05, 0.1) is 12.6 Å². The number of amides is 3. The summed E-state index contributed by atoms with van der Waals surface area (Å²) in [6.45, 7) is -0.744. The Labute approximate surface area is 208 Å². The van der Waals surface area contributed by atoms with Crippen molar-refractivity contribution >= 4 is 47.2 Å². The second kappa shape index (κ2) is 16.4. The van der Waals surface area contributed by atoms with Gasteiger partial charge < -0.3 is 31.9 Å². The van der Waals surface area contributed by atoms with Crippen molar-refractivity contribution in [1.82, 2.24) is 16.0 Å². The number of nitrogens with two attached hydrogens (primary N) is 1. The normalized spacial score (nSPS) is 14.4. The van der Waals surface area contributed by atoms with Crippen LogP contribution in [0, 0.1) is 0 Å². The molecule has 12 heteroatoms. The highest BCUT2D eigenvalue weighted by atomic mass is 32.2. The van der Waals surface area contributed by atoms with Gasteiger partial charge in [0.25, 0.3) is 0 Å². The number of carboxylic acid groups (broad SMARTS) is 1. The molecular weight excluding hydrogens is 480 g/mol. The Bertz CT molecular complexity index is 799. The highest BCUT2D eigenvalue weighted by Crippen LogP contribution is 2.06. The van der Waals surface area contributed by atoms with Gasteiger partial charge in [-0.3, -0.25) is 14.4 Å². The van der Waals surface area contributed by atoms with Crippen molar-refractivity contribution in [1.29, 1.82) is 0 Å². The van der Waals surface area contributed by atoms with E-state index in [1.807, 2.05) is 12.5 Å². The van der Waals surface area contributed by atoms with E-state index in [2.05, 4.69) is 16.0 Å². The van der Waals surface area contributed by atoms with E-state index in [0.717, 1.165) is 0 Å². The molecule has 0 fully saturated rings. The number of hydrogen-bond donors (Lipinski definition) is 6. The van der Waals surface area contributed by atoms with E-state index < -0.39 is 54.5 Å². The van der Waals surface area contributed by atoms with E-state index in [1.165, 1.54) is 11.8 Å².